The highest BCUT2D eigenvalue weighted by Crippen LogP contribution is 2.21. The number of hydrogen-bond acceptors (Lipinski definition) is 4. The number of hydrogen-bond donors (Lipinski definition) is 2. The topological polar surface area (TPSA) is 90.2 Å². The molecule has 0 spiro atoms. The molecular weight excluding hydrogens is 276 g/mol. The summed E-state index contributed by atoms with van der Waals surface area (Å²) in [5.74, 6) is 0. The summed E-state index contributed by atoms with van der Waals surface area (Å²) >= 11 is 0. The maximum Gasteiger partial charge on any atom is 0.240 e. The lowest BCUT2D eigenvalue weighted by Crippen LogP contribution is -2.44. The zero-order valence-corrected chi connectivity index (χ0v) is 12.2. The van der Waals surface area contributed by atoms with E-state index in [9.17, 15) is 13.5 Å². The molecule has 0 aromatic heterocycles. The Kier molecular flexibility index (Phi) is 4.43. The lowest BCUT2D eigenvalue weighted by atomic mass is 9.93. The number of rotatable bonds is 3. The maximum absolute atomic E-state index is 12.3. The second-order valence-electron chi connectivity index (χ2n) is 5.17. The Hall–Kier alpha value is -1.42. The van der Waals surface area contributed by atoms with Crippen LogP contribution < -0.4 is 4.72 Å². The molecule has 0 aliphatic heterocycles. The van der Waals surface area contributed by atoms with Gasteiger partial charge in [0.25, 0.3) is 0 Å². The van der Waals surface area contributed by atoms with Gasteiger partial charge in [-0.2, -0.15) is 5.26 Å². The van der Waals surface area contributed by atoms with Crippen molar-refractivity contribution in [1.29, 1.82) is 5.26 Å². The quantitative estimate of drug-likeness (QED) is 0.882. The Morgan fingerprint density at radius 3 is 2.65 bits per heavy atom. The molecule has 2 atom stereocenters. The predicted octanol–water partition coefficient (Wildman–Crippen LogP) is 1.45. The van der Waals surface area contributed by atoms with Crippen LogP contribution in [0.25, 0.3) is 0 Å². The minimum Gasteiger partial charge on any atom is -0.391 e. The van der Waals surface area contributed by atoms with Gasteiger partial charge in [0.05, 0.1) is 22.6 Å². The molecule has 0 heterocycles. The van der Waals surface area contributed by atoms with Crippen LogP contribution in [0.1, 0.15) is 36.8 Å². The number of nitriles is 1. The van der Waals surface area contributed by atoms with E-state index in [-0.39, 0.29) is 4.90 Å². The molecule has 0 radical (unpaired) electrons. The van der Waals surface area contributed by atoms with E-state index in [2.05, 4.69) is 4.72 Å². The molecule has 108 valence electrons. The van der Waals surface area contributed by atoms with Crippen molar-refractivity contribution in [2.24, 2.45) is 0 Å². The highest BCUT2D eigenvalue weighted by Gasteiger charge is 2.28. The van der Waals surface area contributed by atoms with Crippen molar-refractivity contribution in [3.8, 4) is 6.07 Å². The summed E-state index contributed by atoms with van der Waals surface area (Å²) < 4.78 is 27.2. The molecule has 5 nitrogen and oxygen atoms in total. The molecule has 1 aromatic rings. The third-order valence-electron chi connectivity index (χ3n) is 3.66. The van der Waals surface area contributed by atoms with E-state index in [0.717, 1.165) is 12.8 Å². The SMILES string of the molecule is Cc1cc(S(=O)(=O)NC2CCCCC2O)ccc1C#N. The fraction of sp³-hybridized carbons (Fsp3) is 0.500. The van der Waals surface area contributed by atoms with Crippen molar-refractivity contribution in [2.45, 2.75) is 49.6 Å². The van der Waals surface area contributed by atoms with Gasteiger partial charge < -0.3 is 5.11 Å². The van der Waals surface area contributed by atoms with Crippen LogP contribution in [0.5, 0.6) is 0 Å². The number of sulfonamides is 1. The van der Waals surface area contributed by atoms with Gasteiger partial charge in [-0.05, 0) is 43.5 Å². The highest BCUT2D eigenvalue weighted by molar-refractivity contribution is 7.89. The van der Waals surface area contributed by atoms with Gasteiger partial charge in [-0.25, -0.2) is 13.1 Å². The highest BCUT2D eigenvalue weighted by atomic mass is 32.2. The van der Waals surface area contributed by atoms with Crippen LogP contribution in [0, 0.1) is 18.3 Å². The van der Waals surface area contributed by atoms with Crippen LogP contribution in [-0.2, 0) is 10.0 Å². The Bertz CT molecular complexity index is 634. The lowest BCUT2D eigenvalue weighted by molar-refractivity contribution is 0.101. The largest absolute Gasteiger partial charge is 0.391 e. The standard InChI is InChI=1S/C14H18N2O3S/c1-10-8-12(7-6-11(10)9-15)20(18,19)16-13-4-2-3-5-14(13)17/h6-8,13-14,16-17H,2-5H2,1H3. The first-order chi connectivity index (χ1) is 9.44. The van der Waals surface area contributed by atoms with Crippen LogP contribution in [0.3, 0.4) is 0 Å². The minimum atomic E-state index is -3.66. The second kappa shape index (κ2) is 5.92. The normalized spacial score (nSPS) is 23.2. The zero-order chi connectivity index (χ0) is 14.8. The molecule has 2 unspecified atom stereocenters. The summed E-state index contributed by atoms with van der Waals surface area (Å²) in [5, 5.41) is 18.7. The average molecular weight is 294 g/mol. The van der Waals surface area contributed by atoms with E-state index < -0.39 is 22.2 Å². The number of benzene rings is 1. The summed E-state index contributed by atoms with van der Waals surface area (Å²) in [5.41, 5.74) is 1.08. The van der Waals surface area contributed by atoms with Crippen molar-refractivity contribution in [3.63, 3.8) is 0 Å². The van der Waals surface area contributed by atoms with E-state index >= 15 is 0 Å². The third-order valence-corrected chi connectivity index (χ3v) is 5.15. The lowest BCUT2D eigenvalue weighted by Gasteiger charge is -2.28. The molecule has 1 fully saturated rings. The van der Waals surface area contributed by atoms with Crippen molar-refractivity contribution >= 4 is 10.0 Å². The van der Waals surface area contributed by atoms with E-state index in [1.165, 1.54) is 18.2 Å². The number of aryl methyl sites for hydroxylation is 1. The predicted molar refractivity (Wildman–Crippen MR) is 74.5 cm³/mol. The number of nitrogens with one attached hydrogen (secondary N) is 1. The molecule has 6 heteroatoms. The Morgan fingerprint density at radius 1 is 1.35 bits per heavy atom. The number of nitrogens with zero attached hydrogens (tertiary/aromatic N) is 1. The molecule has 2 N–H and O–H groups in total. The molecule has 2 rings (SSSR count). The monoisotopic (exact) mass is 294 g/mol. The first-order valence-corrected chi connectivity index (χ1v) is 8.13. The van der Waals surface area contributed by atoms with Crippen molar-refractivity contribution < 1.29 is 13.5 Å². The average Bonchev–Trinajstić information content (AvgIpc) is 2.41. The summed E-state index contributed by atoms with van der Waals surface area (Å²) in [6, 6.07) is 5.98. The van der Waals surface area contributed by atoms with Crippen LogP contribution in [-0.4, -0.2) is 25.7 Å². The first kappa shape index (κ1) is 15.0. The van der Waals surface area contributed by atoms with E-state index in [4.69, 9.17) is 5.26 Å². The maximum atomic E-state index is 12.3. The molecule has 0 saturated heterocycles. The Labute approximate surface area is 119 Å². The Balaban J connectivity index is 2.22. The van der Waals surface area contributed by atoms with Crippen molar-refractivity contribution in [2.75, 3.05) is 0 Å². The van der Waals surface area contributed by atoms with Crippen molar-refractivity contribution in [1.82, 2.24) is 4.72 Å². The third kappa shape index (κ3) is 3.18. The van der Waals surface area contributed by atoms with Crippen LogP contribution >= 0.6 is 0 Å². The van der Waals surface area contributed by atoms with Gasteiger partial charge in [-0.15, -0.1) is 0 Å². The summed E-state index contributed by atoms with van der Waals surface area (Å²) in [6.07, 6.45) is 2.49. The van der Waals surface area contributed by atoms with E-state index in [1.807, 2.05) is 6.07 Å². The van der Waals surface area contributed by atoms with Crippen LogP contribution in [0.4, 0.5) is 0 Å². The molecule has 1 aliphatic rings. The molecule has 1 aromatic carbocycles. The van der Waals surface area contributed by atoms with Gasteiger partial charge in [-0.1, -0.05) is 12.8 Å². The smallest absolute Gasteiger partial charge is 0.240 e. The fourth-order valence-electron chi connectivity index (χ4n) is 2.44. The van der Waals surface area contributed by atoms with Crippen molar-refractivity contribution in [3.05, 3.63) is 29.3 Å². The van der Waals surface area contributed by atoms with Gasteiger partial charge in [0.2, 0.25) is 10.0 Å². The molecule has 1 aliphatic carbocycles. The van der Waals surface area contributed by atoms with Gasteiger partial charge in [0, 0.05) is 6.04 Å². The number of aliphatic hydroxyl groups excluding tert-OH is 1. The molecule has 1 saturated carbocycles. The van der Waals surface area contributed by atoms with Crippen LogP contribution in [0.15, 0.2) is 23.1 Å². The zero-order valence-electron chi connectivity index (χ0n) is 11.3. The molecule has 0 bridgehead atoms. The molecule has 20 heavy (non-hydrogen) atoms. The fourth-order valence-corrected chi connectivity index (χ4v) is 3.83. The van der Waals surface area contributed by atoms with Gasteiger partial charge in [0.15, 0.2) is 0 Å². The van der Waals surface area contributed by atoms with Crippen LogP contribution in [0.2, 0.25) is 0 Å². The summed E-state index contributed by atoms with van der Waals surface area (Å²) in [4.78, 5) is 0.131. The minimum absolute atomic E-state index is 0.131. The summed E-state index contributed by atoms with van der Waals surface area (Å²) in [6.45, 7) is 1.70. The van der Waals surface area contributed by atoms with E-state index in [1.54, 1.807) is 6.92 Å². The van der Waals surface area contributed by atoms with Gasteiger partial charge in [0.1, 0.15) is 0 Å². The second-order valence-corrected chi connectivity index (χ2v) is 6.88. The molecule has 0 amide bonds. The Morgan fingerprint density at radius 2 is 2.05 bits per heavy atom. The molecular formula is C14H18N2O3S. The number of aliphatic hydroxyl groups is 1. The first-order valence-electron chi connectivity index (χ1n) is 6.65. The van der Waals surface area contributed by atoms with E-state index in [0.29, 0.717) is 24.0 Å². The van der Waals surface area contributed by atoms with Gasteiger partial charge in [-0.3, -0.25) is 0 Å². The van der Waals surface area contributed by atoms with Gasteiger partial charge >= 0.3 is 0 Å². The summed E-state index contributed by atoms with van der Waals surface area (Å²) in [7, 11) is -3.66.